The van der Waals surface area contributed by atoms with Crippen molar-refractivity contribution in [1.82, 2.24) is 20.1 Å². The molecule has 150 valence electrons. The van der Waals surface area contributed by atoms with Crippen molar-refractivity contribution < 1.29 is 9.53 Å². The van der Waals surface area contributed by atoms with Gasteiger partial charge in [-0.3, -0.25) is 9.89 Å². The summed E-state index contributed by atoms with van der Waals surface area (Å²) in [6.45, 7) is 2.74. The summed E-state index contributed by atoms with van der Waals surface area (Å²) in [5, 5.41) is 10.5. The van der Waals surface area contributed by atoms with Crippen LogP contribution >= 0.6 is 0 Å². The Morgan fingerprint density at radius 1 is 1.28 bits per heavy atom. The van der Waals surface area contributed by atoms with Crippen molar-refractivity contribution in [2.24, 2.45) is 0 Å². The third kappa shape index (κ3) is 3.94. The van der Waals surface area contributed by atoms with Gasteiger partial charge in [0.2, 0.25) is 0 Å². The molecule has 4 rings (SSSR count). The van der Waals surface area contributed by atoms with Gasteiger partial charge in [0.15, 0.2) is 0 Å². The summed E-state index contributed by atoms with van der Waals surface area (Å²) in [5.41, 5.74) is 3.47. The minimum absolute atomic E-state index is 0.00336. The number of rotatable bonds is 5. The number of aryl methyl sites for hydroxylation is 1. The van der Waals surface area contributed by atoms with Crippen LogP contribution in [0.5, 0.6) is 5.75 Å². The third-order valence-electron chi connectivity index (χ3n) is 5.34. The molecular weight excluding hydrogens is 366 g/mol. The molecule has 1 aliphatic heterocycles. The highest BCUT2D eigenvalue weighted by Gasteiger charge is 2.31. The summed E-state index contributed by atoms with van der Waals surface area (Å²) in [4.78, 5) is 19.9. The summed E-state index contributed by atoms with van der Waals surface area (Å²) in [6.07, 6.45) is 6.51. The number of nitrogens with one attached hydrogen (secondary N) is 2. The van der Waals surface area contributed by atoms with E-state index in [0.29, 0.717) is 11.4 Å². The lowest BCUT2D eigenvalue weighted by atomic mass is 9.96. The van der Waals surface area contributed by atoms with Crippen molar-refractivity contribution in [2.75, 3.05) is 19.0 Å². The minimum Gasteiger partial charge on any atom is -0.497 e. The molecule has 0 unspecified atom stereocenters. The highest BCUT2D eigenvalue weighted by molar-refractivity contribution is 5.99. The van der Waals surface area contributed by atoms with Gasteiger partial charge in [0.25, 0.3) is 5.91 Å². The molecule has 3 heterocycles. The number of nitrogens with zero attached hydrogens (tertiary/aromatic N) is 3. The fraction of sp³-hybridized carbons (Fsp3) is 0.318. The molecule has 7 nitrogen and oxygen atoms in total. The van der Waals surface area contributed by atoms with Crippen molar-refractivity contribution >= 4 is 17.4 Å². The number of carbonyl (C=O) groups is 1. The lowest BCUT2D eigenvalue weighted by Gasteiger charge is -2.35. The number of piperidine rings is 1. The number of ether oxygens (including phenoxy) is 1. The quantitative estimate of drug-likeness (QED) is 0.680. The van der Waals surface area contributed by atoms with Gasteiger partial charge in [0.05, 0.1) is 30.6 Å². The highest BCUT2D eigenvalue weighted by atomic mass is 16.5. The van der Waals surface area contributed by atoms with E-state index in [2.05, 4.69) is 20.5 Å². The molecule has 1 fully saturated rings. The van der Waals surface area contributed by atoms with Gasteiger partial charge in [-0.25, -0.2) is 4.98 Å². The molecule has 1 aromatic carbocycles. The van der Waals surface area contributed by atoms with Crippen LogP contribution in [0, 0.1) is 6.92 Å². The number of benzene rings is 1. The Kier molecular flexibility index (Phi) is 5.46. The van der Waals surface area contributed by atoms with E-state index in [1.54, 1.807) is 19.4 Å². The molecule has 1 atom stereocenters. The van der Waals surface area contributed by atoms with E-state index in [1.807, 2.05) is 48.4 Å². The van der Waals surface area contributed by atoms with Crippen LogP contribution in [0.4, 0.5) is 11.5 Å². The van der Waals surface area contributed by atoms with Crippen LogP contribution in [-0.2, 0) is 0 Å². The summed E-state index contributed by atoms with van der Waals surface area (Å²) in [7, 11) is 1.63. The van der Waals surface area contributed by atoms with Crippen LogP contribution in [-0.4, -0.2) is 39.6 Å². The lowest BCUT2D eigenvalue weighted by molar-refractivity contribution is 0.0606. The van der Waals surface area contributed by atoms with Crippen LogP contribution in [0.1, 0.15) is 46.9 Å². The van der Waals surface area contributed by atoms with Crippen LogP contribution in [0.15, 0.2) is 48.8 Å². The molecule has 0 radical (unpaired) electrons. The van der Waals surface area contributed by atoms with E-state index in [1.165, 1.54) is 0 Å². The second-order valence-corrected chi connectivity index (χ2v) is 7.23. The van der Waals surface area contributed by atoms with Crippen LogP contribution in [0.2, 0.25) is 0 Å². The number of amides is 1. The number of pyridine rings is 1. The first-order valence-corrected chi connectivity index (χ1v) is 9.84. The summed E-state index contributed by atoms with van der Waals surface area (Å²) in [6, 6.07) is 11.2. The van der Waals surface area contributed by atoms with Crippen molar-refractivity contribution in [3.8, 4) is 5.75 Å². The maximum Gasteiger partial charge on any atom is 0.258 e. The monoisotopic (exact) mass is 391 g/mol. The Morgan fingerprint density at radius 2 is 2.17 bits per heavy atom. The fourth-order valence-electron chi connectivity index (χ4n) is 3.84. The molecule has 1 aliphatic rings. The van der Waals surface area contributed by atoms with Gasteiger partial charge < -0.3 is 15.0 Å². The first-order valence-electron chi connectivity index (χ1n) is 9.84. The zero-order chi connectivity index (χ0) is 20.2. The molecule has 3 aromatic rings. The zero-order valence-corrected chi connectivity index (χ0v) is 16.7. The molecule has 7 heteroatoms. The third-order valence-corrected chi connectivity index (χ3v) is 5.34. The van der Waals surface area contributed by atoms with Gasteiger partial charge in [-0.2, -0.15) is 5.10 Å². The van der Waals surface area contributed by atoms with E-state index in [0.717, 1.165) is 48.5 Å². The normalized spacial score (nSPS) is 16.5. The molecule has 29 heavy (non-hydrogen) atoms. The second-order valence-electron chi connectivity index (χ2n) is 7.23. The van der Waals surface area contributed by atoms with Crippen molar-refractivity contribution in [2.45, 2.75) is 32.2 Å². The van der Waals surface area contributed by atoms with Crippen molar-refractivity contribution in [3.63, 3.8) is 0 Å². The van der Waals surface area contributed by atoms with E-state index in [-0.39, 0.29) is 11.9 Å². The van der Waals surface area contributed by atoms with Crippen LogP contribution in [0.25, 0.3) is 0 Å². The standard InChI is InChI=1S/C22H25N5O2/c1-15-14-24-26-20(15)19-10-3-4-12-27(19)22(28)18-9-6-11-23-21(18)25-16-7-5-8-17(13-16)29-2/h5-9,11,13-14,19H,3-4,10,12H2,1-2H3,(H,23,25)(H,24,26)/t19-/m1/s1. The average Bonchev–Trinajstić information content (AvgIpc) is 3.19. The molecule has 0 spiro atoms. The Labute approximate surface area is 170 Å². The first kappa shape index (κ1) is 19.0. The van der Waals surface area contributed by atoms with Gasteiger partial charge in [-0.15, -0.1) is 0 Å². The van der Waals surface area contributed by atoms with E-state index in [4.69, 9.17) is 4.74 Å². The minimum atomic E-state index is -0.0257. The van der Waals surface area contributed by atoms with E-state index >= 15 is 0 Å². The largest absolute Gasteiger partial charge is 0.497 e. The number of H-pyrrole nitrogens is 1. The molecule has 2 aromatic heterocycles. The zero-order valence-electron chi connectivity index (χ0n) is 16.7. The summed E-state index contributed by atoms with van der Waals surface area (Å²) < 4.78 is 5.29. The average molecular weight is 391 g/mol. The summed E-state index contributed by atoms with van der Waals surface area (Å²) in [5.74, 6) is 1.25. The first-order chi connectivity index (χ1) is 14.2. The number of anilines is 2. The number of carbonyl (C=O) groups excluding carboxylic acids is 1. The number of aromatic nitrogens is 3. The van der Waals surface area contributed by atoms with Gasteiger partial charge >= 0.3 is 0 Å². The molecule has 0 aliphatic carbocycles. The topological polar surface area (TPSA) is 83.1 Å². The number of likely N-dealkylation sites (tertiary alicyclic amines) is 1. The smallest absolute Gasteiger partial charge is 0.258 e. The molecule has 2 N–H and O–H groups in total. The molecule has 0 saturated carbocycles. The maximum absolute atomic E-state index is 13.5. The van der Waals surface area contributed by atoms with Gasteiger partial charge in [-0.1, -0.05) is 6.07 Å². The van der Waals surface area contributed by atoms with Crippen LogP contribution in [0.3, 0.4) is 0 Å². The highest BCUT2D eigenvalue weighted by Crippen LogP contribution is 2.33. The number of hydrogen-bond acceptors (Lipinski definition) is 5. The Bertz CT molecular complexity index is 1000. The molecule has 1 saturated heterocycles. The maximum atomic E-state index is 13.5. The molecular formula is C22H25N5O2. The van der Waals surface area contributed by atoms with E-state index < -0.39 is 0 Å². The Hall–Kier alpha value is -3.35. The predicted octanol–water partition coefficient (Wildman–Crippen LogP) is 4.23. The van der Waals surface area contributed by atoms with Crippen molar-refractivity contribution in [3.05, 3.63) is 65.6 Å². The van der Waals surface area contributed by atoms with Gasteiger partial charge in [0.1, 0.15) is 11.6 Å². The predicted molar refractivity (Wildman–Crippen MR) is 111 cm³/mol. The van der Waals surface area contributed by atoms with Crippen molar-refractivity contribution in [1.29, 1.82) is 0 Å². The molecule has 1 amide bonds. The lowest BCUT2D eigenvalue weighted by Crippen LogP contribution is -2.39. The van der Waals surface area contributed by atoms with E-state index in [9.17, 15) is 4.79 Å². The fourth-order valence-corrected chi connectivity index (χ4v) is 3.84. The Morgan fingerprint density at radius 3 is 2.97 bits per heavy atom. The van der Waals surface area contributed by atoms with Crippen LogP contribution < -0.4 is 10.1 Å². The number of methoxy groups -OCH3 is 1. The van der Waals surface area contributed by atoms with Gasteiger partial charge in [-0.05, 0) is 56.0 Å². The SMILES string of the molecule is COc1cccc(Nc2ncccc2C(=O)N2CCCC[C@@H]2c2[nH]ncc2C)c1. The second kappa shape index (κ2) is 8.34. The summed E-state index contributed by atoms with van der Waals surface area (Å²) >= 11 is 0. The number of aromatic amines is 1. The number of hydrogen-bond donors (Lipinski definition) is 2. The Balaban J connectivity index is 1.63. The van der Waals surface area contributed by atoms with Gasteiger partial charge in [0, 0.05) is 24.5 Å². The molecule has 0 bridgehead atoms.